The summed E-state index contributed by atoms with van der Waals surface area (Å²) in [7, 11) is 9.46. The first-order valence-electron chi connectivity index (χ1n) is 12.6. The minimum Gasteiger partial charge on any atom is -0.477 e. The zero-order chi connectivity index (χ0) is 27.3. The van der Waals surface area contributed by atoms with Gasteiger partial charge in [0, 0.05) is 18.9 Å². The van der Waals surface area contributed by atoms with E-state index in [1.54, 1.807) is 14.2 Å². The molecule has 0 saturated heterocycles. The molecule has 1 aliphatic rings. The minimum atomic E-state index is 0.582. The molecule has 2 aromatic carbocycles. The molecule has 3 rings (SSSR count). The summed E-state index contributed by atoms with van der Waals surface area (Å²) < 4.78 is 15.6. The number of likely N-dealkylation sites (N-methyl/N-ethyl adjacent to an activating group) is 2. The number of nitrogens with zero attached hydrogens (tertiary/aromatic N) is 5. The summed E-state index contributed by atoms with van der Waals surface area (Å²) in [5, 5.41) is 0.636. The molecule has 8 heteroatoms. The molecule has 0 spiro atoms. The lowest BCUT2D eigenvalue weighted by Gasteiger charge is -2.13. The molecule has 198 valence electrons. The van der Waals surface area contributed by atoms with Crippen molar-refractivity contribution in [2.24, 2.45) is 9.98 Å². The van der Waals surface area contributed by atoms with Gasteiger partial charge < -0.3 is 9.47 Å². The third-order valence-electron chi connectivity index (χ3n) is 6.75. The van der Waals surface area contributed by atoms with E-state index in [9.17, 15) is 0 Å². The van der Waals surface area contributed by atoms with Crippen LogP contribution in [0.25, 0.3) is 11.1 Å². The van der Waals surface area contributed by atoms with Crippen molar-refractivity contribution < 1.29 is 18.6 Å². The summed E-state index contributed by atoms with van der Waals surface area (Å²) in [5.41, 5.74) is 6.70. The number of rotatable bonds is 7. The van der Waals surface area contributed by atoms with Gasteiger partial charge in [0.15, 0.2) is 0 Å². The van der Waals surface area contributed by atoms with Crippen LogP contribution in [0, 0.1) is 13.8 Å². The molecule has 0 amide bonds. The Balaban J connectivity index is 1.97. The molecule has 0 aromatic heterocycles. The highest BCUT2D eigenvalue weighted by molar-refractivity contribution is 6.37. The van der Waals surface area contributed by atoms with E-state index in [1.165, 1.54) is 0 Å². The topological polar surface area (TPSA) is 52.4 Å². The van der Waals surface area contributed by atoms with Crippen LogP contribution in [0.2, 0.25) is 5.02 Å². The maximum atomic E-state index is 6.79. The fourth-order valence-electron chi connectivity index (χ4n) is 4.44. The summed E-state index contributed by atoms with van der Waals surface area (Å²) in [6, 6.07) is 10.2. The first-order chi connectivity index (χ1) is 17.6. The highest BCUT2D eigenvalue weighted by Gasteiger charge is 2.31. The van der Waals surface area contributed by atoms with E-state index in [0.29, 0.717) is 16.8 Å². The monoisotopic (exact) mass is 525 g/mol. The van der Waals surface area contributed by atoms with Gasteiger partial charge in [-0.1, -0.05) is 24.6 Å². The van der Waals surface area contributed by atoms with Crippen LogP contribution >= 0.6 is 11.6 Å². The van der Waals surface area contributed by atoms with Gasteiger partial charge in [0.2, 0.25) is 5.71 Å². The van der Waals surface area contributed by atoms with E-state index < -0.39 is 0 Å². The van der Waals surface area contributed by atoms with E-state index in [0.717, 1.165) is 71.2 Å². The van der Waals surface area contributed by atoms with Crippen molar-refractivity contribution in [3.63, 3.8) is 0 Å². The molecule has 1 aliphatic heterocycles. The molecule has 2 aromatic rings. The number of aryl methyl sites for hydroxylation is 2. The van der Waals surface area contributed by atoms with Crippen LogP contribution in [0.15, 0.2) is 40.3 Å². The lowest BCUT2D eigenvalue weighted by atomic mass is 10.00. The fraction of sp³-hybridized carbons (Fsp3) is 0.448. The highest BCUT2D eigenvalue weighted by atomic mass is 35.5. The van der Waals surface area contributed by atoms with Crippen molar-refractivity contribution in [1.29, 1.82) is 0 Å². The predicted molar refractivity (Wildman–Crippen MR) is 155 cm³/mol. The summed E-state index contributed by atoms with van der Waals surface area (Å²) >= 11 is 6.79. The normalized spacial score (nSPS) is 15.4. The fourth-order valence-corrected chi connectivity index (χ4v) is 4.70. The van der Waals surface area contributed by atoms with Crippen molar-refractivity contribution in [1.82, 2.24) is 4.90 Å². The summed E-state index contributed by atoms with van der Waals surface area (Å²) in [5.74, 6) is 2.17. The second-order valence-corrected chi connectivity index (χ2v) is 9.94. The number of methoxy groups -OCH3 is 2. The number of halogens is 1. The van der Waals surface area contributed by atoms with Crippen LogP contribution in [-0.2, 0) is 9.47 Å². The molecule has 0 aliphatic carbocycles. The number of hydrogen-bond donors (Lipinski definition) is 0. The predicted octanol–water partition coefficient (Wildman–Crippen LogP) is 5.48. The minimum absolute atomic E-state index is 0.582. The van der Waals surface area contributed by atoms with Gasteiger partial charge >= 0.3 is 11.7 Å². The molecule has 37 heavy (non-hydrogen) atoms. The molecule has 0 radical (unpaired) electrons. The van der Waals surface area contributed by atoms with Crippen molar-refractivity contribution in [3.8, 4) is 11.1 Å². The Bertz CT molecular complexity index is 1290. The Kier molecular flexibility index (Phi) is 9.49. The zero-order valence-electron chi connectivity index (χ0n) is 23.6. The Labute approximate surface area is 226 Å². The van der Waals surface area contributed by atoms with Crippen molar-refractivity contribution in [2.45, 2.75) is 34.1 Å². The van der Waals surface area contributed by atoms with Crippen LogP contribution in [0.5, 0.6) is 0 Å². The second-order valence-electron chi connectivity index (χ2n) is 9.54. The van der Waals surface area contributed by atoms with Gasteiger partial charge in [-0.3, -0.25) is 9.48 Å². The molecule has 0 unspecified atom stereocenters. The largest absolute Gasteiger partial charge is 0.477 e. The van der Waals surface area contributed by atoms with Crippen LogP contribution in [0.1, 0.15) is 31.4 Å². The van der Waals surface area contributed by atoms with Crippen molar-refractivity contribution in [2.75, 3.05) is 55.0 Å². The number of aliphatic imine (C=N–C) groups is 2. The van der Waals surface area contributed by atoms with E-state index in [2.05, 4.69) is 47.1 Å². The van der Waals surface area contributed by atoms with E-state index >= 15 is 0 Å². The van der Waals surface area contributed by atoms with E-state index in [4.69, 9.17) is 31.1 Å². The average molecular weight is 526 g/mol. The second kappa shape index (κ2) is 12.4. The summed E-state index contributed by atoms with van der Waals surface area (Å²) in [4.78, 5) is 11.8. The molecule has 0 saturated carbocycles. The van der Waals surface area contributed by atoms with Crippen molar-refractivity contribution in [3.05, 3.63) is 46.5 Å². The third-order valence-corrected chi connectivity index (χ3v) is 7.06. The number of hydrogen-bond acceptors (Lipinski definition) is 5. The Hall–Kier alpha value is -3.19. The van der Waals surface area contributed by atoms with Gasteiger partial charge in [-0.25, -0.2) is 14.6 Å². The lowest BCUT2D eigenvalue weighted by Crippen LogP contribution is -2.33. The van der Waals surface area contributed by atoms with Crippen LogP contribution in [0.4, 0.5) is 11.4 Å². The van der Waals surface area contributed by atoms with Gasteiger partial charge in [-0.05, 0) is 54.8 Å². The Morgan fingerprint density at radius 2 is 1.78 bits per heavy atom. The summed E-state index contributed by atoms with van der Waals surface area (Å²) in [6.45, 7) is 11.1. The van der Waals surface area contributed by atoms with Gasteiger partial charge in [-0.15, -0.1) is 0 Å². The maximum absolute atomic E-state index is 6.79. The SMILES string of the molecule is CCC[N+](C)=C(C)C(=Nc1ccc(-c2cc(C)c(N=C(OC)C3=[N+](C)CCN3C)cc2Cl)cc1C)OC. The zero-order valence-corrected chi connectivity index (χ0v) is 24.4. The van der Waals surface area contributed by atoms with Crippen molar-refractivity contribution >= 4 is 46.3 Å². The van der Waals surface area contributed by atoms with Crippen LogP contribution < -0.4 is 0 Å². The van der Waals surface area contributed by atoms with E-state index in [-0.39, 0.29) is 0 Å². The molecular formula is C29H40ClN5O2+2. The molecule has 0 atom stereocenters. The van der Waals surface area contributed by atoms with Gasteiger partial charge in [0.1, 0.15) is 26.7 Å². The first-order valence-corrected chi connectivity index (χ1v) is 13.0. The van der Waals surface area contributed by atoms with Crippen LogP contribution in [-0.4, -0.2) is 92.4 Å². The average Bonchev–Trinajstić information content (AvgIpc) is 3.20. The molecule has 0 N–H and O–H groups in total. The number of benzene rings is 2. The first kappa shape index (κ1) is 28.4. The maximum Gasteiger partial charge on any atom is 0.335 e. The van der Waals surface area contributed by atoms with E-state index in [1.807, 2.05) is 46.1 Å². The Morgan fingerprint density at radius 3 is 2.35 bits per heavy atom. The Morgan fingerprint density at radius 1 is 1.08 bits per heavy atom. The highest BCUT2D eigenvalue weighted by Crippen LogP contribution is 2.36. The van der Waals surface area contributed by atoms with Gasteiger partial charge in [0.25, 0.3) is 5.90 Å². The smallest absolute Gasteiger partial charge is 0.335 e. The quantitative estimate of drug-likeness (QED) is 0.273. The standard InChI is InChI=1S/C29H40ClN5O2/c1-10-13-33(5)21(4)27(36-8)31-25-12-11-22(16-19(25)2)23-17-20(3)26(18-24(23)30)32-28(37-9)29-34(6)14-15-35(29)7/h11-12,16-18H,10,13-15H2,1-9H3/q+2. The molecule has 0 bridgehead atoms. The van der Waals surface area contributed by atoms with Crippen LogP contribution in [0.3, 0.4) is 0 Å². The van der Waals surface area contributed by atoms with Gasteiger partial charge in [-0.2, -0.15) is 0 Å². The lowest BCUT2D eigenvalue weighted by molar-refractivity contribution is -0.496. The molecular weight excluding hydrogens is 486 g/mol. The summed E-state index contributed by atoms with van der Waals surface area (Å²) in [6.07, 6.45) is 1.06. The molecule has 7 nitrogen and oxygen atoms in total. The molecule has 0 fully saturated rings. The number of ether oxygens (including phenoxy) is 2. The number of amidine groups is 1. The molecule has 1 heterocycles. The third kappa shape index (κ3) is 6.39. The van der Waals surface area contributed by atoms with Gasteiger partial charge in [0.05, 0.1) is 44.7 Å².